The lowest BCUT2D eigenvalue weighted by atomic mass is 10.2. The molecule has 2 rings (SSSR count). The summed E-state index contributed by atoms with van der Waals surface area (Å²) in [6.07, 6.45) is 0. The highest BCUT2D eigenvalue weighted by atomic mass is 15.0. The fourth-order valence-corrected chi connectivity index (χ4v) is 1.83. The minimum Gasteiger partial charge on any atom is -0.329 e. The Morgan fingerprint density at radius 3 is 2.67 bits per heavy atom. The number of benzene rings is 1. The topological polar surface area (TPSA) is 63.0 Å². The van der Waals surface area contributed by atoms with E-state index >= 15 is 0 Å². The molecule has 0 spiro atoms. The molecule has 1 aromatic carbocycles. The van der Waals surface area contributed by atoms with Gasteiger partial charge in [0.2, 0.25) is 0 Å². The summed E-state index contributed by atoms with van der Waals surface area (Å²) in [6, 6.07) is 12.4. The van der Waals surface area contributed by atoms with Crippen molar-refractivity contribution in [2.24, 2.45) is 5.73 Å². The van der Waals surface area contributed by atoms with E-state index in [4.69, 9.17) is 5.73 Å². The molecular weight excluding hydrogens is 224 g/mol. The van der Waals surface area contributed by atoms with Gasteiger partial charge >= 0.3 is 0 Å². The Balaban J connectivity index is 1.81. The summed E-state index contributed by atoms with van der Waals surface area (Å²) in [6.45, 7) is 4.22. The molecule has 2 aromatic rings. The maximum absolute atomic E-state index is 5.39. The van der Waals surface area contributed by atoms with Crippen molar-refractivity contribution in [1.29, 1.82) is 0 Å². The fourth-order valence-electron chi connectivity index (χ4n) is 1.83. The first kappa shape index (κ1) is 13.0. The number of nitrogens with zero attached hydrogens (tertiary/aromatic N) is 1. The van der Waals surface area contributed by atoms with Gasteiger partial charge in [0.15, 0.2) is 0 Å². The van der Waals surface area contributed by atoms with Crippen LogP contribution in [0.2, 0.25) is 0 Å². The van der Waals surface area contributed by atoms with E-state index in [0.717, 1.165) is 37.4 Å². The lowest BCUT2D eigenvalue weighted by Gasteiger charge is -2.06. The lowest BCUT2D eigenvalue weighted by Crippen LogP contribution is -2.30. The zero-order chi connectivity index (χ0) is 12.6. The van der Waals surface area contributed by atoms with E-state index in [1.165, 1.54) is 5.39 Å². The second-order valence-electron chi connectivity index (χ2n) is 4.21. The molecule has 4 heteroatoms. The molecule has 0 atom stereocenters. The second-order valence-corrected chi connectivity index (χ2v) is 4.21. The predicted octanol–water partition coefficient (Wildman–Crippen LogP) is 0.873. The van der Waals surface area contributed by atoms with E-state index in [0.29, 0.717) is 6.54 Å². The van der Waals surface area contributed by atoms with Crippen LogP contribution in [0.4, 0.5) is 0 Å². The molecule has 4 N–H and O–H groups in total. The molecule has 18 heavy (non-hydrogen) atoms. The van der Waals surface area contributed by atoms with E-state index in [2.05, 4.69) is 33.8 Å². The van der Waals surface area contributed by atoms with Gasteiger partial charge in [0.25, 0.3) is 0 Å². The van der Waals surface area contributed by atoms with Crippen LogP contribution in [-0.4, -0.2) is 31.2 Å². The van der Waals surface area contributed by atoms with Crippen LogP contribution in [0.15, 0.2) is 36.4 Å². The van der Waals surface area contributed by atoms with Crippen molar-refractivity contribution in [3.8, 4) is 0 Å². The first-order chi connectivity index (χ1) is 8.90. The summed E-state index contributed by atoms with van der Waals surface area (Å²) in [5.41, 5.74) is 7.52. The molecule has 0 unspecified atom stereocenters. The van der Waals surface area contributed by atoms with Gasteiger partial charge in [-0.25, -0.2) is 0 Å². The molecule has 4 nitrogen and oxygen atoms in total. The number of rotatable bonds is 7. The third-order valence-corrected chi connectivity index (χ3v) is 2.76. The summed E-state index contributed by atoms with van der Waals surface area (Å²) >= 11 is 0. The van der Waals surface area contributed by atoms with Crippen molar-refractivity contribution < 1.29 is 0 Å². The van der Waals surface area contributed by atoms with Crippen LogP contribution in [0.25, 0.3) is 10.9 Å². The van der Waals surface area contributed by atoms with Crippen LogP contribution in [0, 0.1) is 0 Å². The molecule has 0 aliphatic carbocycles. The van der Waals surface area contributed by atoms with Crippen molar-refractivity contribution in [2.45, 2.75) is 6.54 Å². The molecule has 0 bridgehead atoms. The third-order valence-electron chi connectivity index (χ3n) is 2.76. The molecule has 0 fully saturated rings. The van der Waals surface area contributed by atoms with Gasteiger partial charge in [-0.2, -0.15) is 0 Å². The summed E-state index contributed by atoms with van der Waals surface area (Å²) in [7, 11) is 0. The molecule has 0 saturated heterocycles. The van der Waals surface area contributed by atoms with E-state index in [9.17, 15) is 0 Å². The van der Waals surface area contributed by atoms with Crippen molar-refractivity contribution >= 4 is 10.9 Å². The Bertz CT molecular complexity index is 484. The van der Waals surface area contributed by atoms with Crippen LogP contribution < -0.4 is 16.4 Å². The number of hydrogen-bond acceptors (Lipinski definition) is 4. The van der Waals surface area contributed by atoms with Crippen LogP contribution in [0.1, 0.15) is 5.69 Å². The van der Waals surface area contributed by atoms with Crippen LogP contribution in [-0.2, 0) is 6.54 Å². The number of nitrogens with one attached hydrogen (secondary N) is 2. The van der Waals surface area contributed by atoms with Crippen LogP contribution in [0.3, 0.4) is 0 Å². The molecule has 1 heterocycles. The highest BCUT2D eigenvalue weighted by Gasteiger charge is 1.97. The Morgan fingerprint density at radius 2 is 1.78 bits per heavy atom. The Hall–Kier alpha value is -1.49. The SMILES string of the molecule is NCCNCCNCc1ccc2ccccc2n1. The largest absolute Gasteiger partial charge is 0.329 e. The number of fused-ring (bicyclic) bond motifs is 1. The standard InChI is InChI=1S/C14H20N4/c15-7-8-16-9-10-17-11-13-6-5-12-3-1-2-4-14(12)18-13/h1-6,16-17H,7-11,15H2. The summed E-state index contributed by atoms with van der Waals surface area (Å²) in [4.78, 5) is 4.61. The van der Waals surface area contributed by atoms with Crippen molar-refractivity contribution in [1.82, 2.24) is 15.6 Å². The maximum Gasteiger partial charge on any atom is 0.0705 e. The van der Waals surface area contributed by atoms with Gasteiger partial charge < -0.3 is 16.4 Å². The van der Waals surface area contributed by atoms with Crippen molar-refractivity contribution in [3.63, 3.8) is 0 Å². The first-order valence-electron chi connectivity index (χ1n) is 6.36. The molecule has 0 aliphatic heterocycles. The van der Waals surface area contributed by atoms with Gasteiger partial charge in [0.1, 0.15) is 0 Å². The Morgan fingerprint density at radius 1 is 0.944 bits per heavy atom. The summed E-state index contributed by atoms with van der Waals surface area (Å²) in [5, 5.41) is 7.79. The third kappa shape index (κ3) is 3.77. The number of aromatic nitrogens is 1. The highest BCUT2D eigenvalue weighted by molar-refractivity contribution is 5.78. The molecule has 0 amide bonds. The van der Waals surface area contributed by atoms with Gasteiger partial charge in [-0.15, -0.1) is 0 Å². The number of pyridine rings is 1. The van der Waals surface area contributed by atoms with Crippen molar-refractivity contribution in [2.75, 3.05) is 26.2 Å². The smallest absolute Gasteiger partial charge is 0.0705 e. The maximum atomic E-state index is 5.39. The first-order valence-corrected chi connectivity index (χ1v) is 6.36. The quantitative estimate of drug-likeness (QED) is 0.633. The number of hydrogen-bond donors (Lipinski definition) is 3. The van der Waals surface area contributed by atoms with Gasteiger partial charge in [-0.1, -0.05) is 24.3 Å². The summed E-state index contributed by atoms with van der Waals surface area (Å²) < 4.78 is 0. The van der Waals surface area contributed by atoms with Gasteiger partial charge in [0.05, 0.1) is 11.2 Å². The van der Waals surface area contributed by atoms with Crippen LogP contribution in [0.5, 0.6) is 0 Å². The van der Waals surface area contributed by atoms with Gasteiger partial charge in [0, 0.05) is 38.1 Å². The normalized spacial score (nSPS) is 10.9. The van der Waals surface area contributed by atoms with E-state index in [1.807, 2.05) is 18.2 Å². The molecule has 0 radical (unpaired) electrons. The summed E-state index contributed by atoms with van der Waals surface area (Å²) in [5.74, 6) is 0. The lowest BCUT2D eigenvalue weighted by molar-refractivity contribution is 0.610. The minimum absolute atomic E-state index is 0.687. The predicted molar refractivity (Wildman–Crippen MR) is 75.4 cm³/mol. The van der Waals surface area contributed by atoms with E-state index < -0.39 is 0 Å². The average molecular weight is 244 g/mol. The Labute approximate surface area is 108 Å². The molecular formula is C14H20N4. The fraction of sp³-hybridized carbons (Fsp3) is 0.357. The van der Waals surface area contributed by atoms with E-state index in [-0.39, 0.29) is 0 Å². The number of para-hydroxylation sites is 1. The second kappa shape index (κ2) is 7.06. The molecule has 0 aliphatic rings. The average Bonchev–Trinajstić information content (AvgIpc) is 2.42. The molecule has 0 saturated carbocycles. The van der Waals surface area contributed by atoms with E-state index in [1.54, 1.807) is 0 Å². The van der Waals surface area contributed by atoms with Crippen molar-refractivity contribution in [3.05, 3.63) is 42.1 Å². The number of nitrogens with two attached hydrogens (primary N) is 1. The molecule has 1 aromatic heterocycles. The van der Waals surface area contributed by atoms with Crippen LogP contribution >= 0.6 is 0 Å². The zero-order valence-corrected chi connectivity index (χ0v) is 10.5. The van der Waals surface area contributed by atoms with Gasteiger partial charge in [-0.05, 0) is 12.1 Å². The highest BCUT2D eigenvalue weighted by Crippen LogP contribution is 2.11. The monoisotopic (exact) mass is 244 g/mol. The Kier molecular flexibility index (Phi) is 5.08. The zero-order valence-electron chi connectivity index (χ0n) is 10.5. The molecule has 96 valence electrons. The minimum atomic E-state index is 0.687. The van der Waals surface area contributed by atoms with Gasteiger partial charge in [-0.3, -0.25) is 4.98 Å².